The van der Waals surface area contributed by atoms with Crippen LogP contribution in [-0.4, -0.2) is 33.4 Å². The Hall–Kier alpha value is -3.53. The van der Waals surface area contributed by atoms with Gasteiger partial charge in [-0.15, -0.1) is 5.10 Å². The number of para-hydroxylation sites is 1. The lowest BCUT2D eigenvalue weighted by Gasteiger charge is -2.07. The van der Waals surface area contributed by atoms with Gasteiger partial charge in [0.1, 0.15) is 5.25 Å². The molecule has 0 aliphatic carbocycles. The van der Waals surface area contributed by atoms with Crippen molar-refractivity contribution >= 4 is 46.3 Å². The van der Waals surface area contributed by atoms with Gasteiger partial charge < -0.3 is 10.6 Å². The Morgan fingerprint density at radius 3 is 2.72 bits per heavy atom. The summed E-state index contributed by atoms with van der Waals surface area (Å²) < 4.78 is 0. The zero-order valence-electron chi connectivity index (χ0n) is 15.4. The highest BCUT2D eigenvalue weighted by Crippen LogP contribution is 2.23. The lowest BCUT2D eigenvalue weighted by Crippen LogP contribution is -2.28. The van der Waals surface area contributed by atoms with Crippen molar-refractivity contribution in [3.8, 4) is 0 Å². The molecule has 2 aromatic rings. The molecule has 2 N–H and O–H groups in total. The van der Waals surface area contributed by atoms with Crippen LogP contribution < -0.4 is 10.6 Å². The molecule has 148 valence electrons. The normalized spacial score (nSPS) is 17.5. The van der Waals surface area contributed by atoms with Gasteiger partial charge in [0, 0.05) is 18.2 Å². The van der Waals surface area contributed by atoms with E-state index in [1.165, 1.54) is 12.3 Å². The number of benzene rings is 2. The summed E-state index contributed by atoms with van der Waals surface area (Å²) in [5, 5.41) is 23.6. The highest BCUT2D eigenvalue weighted by atomic mass is 32.2. The summed E-state index contributed by atoms with van der Waals surface area (Å²) in [7, 11) is 0. The summed E-state index contributed by atoms with van der Waals surface area (Å²) in [5.41, 5.74) is 1.94. The Balaban J connectivity index is 1.59. The summed E-state index contributed by atoms with van der Waals surface area (Å²) in [4.78, 5) is 34.7. The quantitative estimate of drug-likeness (QED) is 0.429. The first-order chi connectivity index (χ1) is 13.9. The third-order valence-electron chi connectivity index (χ3n) is 3.96. The van der Waals surface area contributed by atoms with Gasteiger partial charge >= 0.3 is 0 Å². The highest BCUT2D eigenvalue weighted by Gasteiger charge is 2.32. The second-order valence-corrected chi connectivity index (χ2v) is 7.37. The maximum atomic E-state index is 12.2. The van der Waals surface area contributed by atoms with Crippen LogP contribution in [0.1, 0.15) is 17.5 Å². The third kappa shape index (κ3) is 5.48. The first-order valence-electron chi connectivity index (χ1n) is 8.61. The molecule has 1 aliphatic heterocycles. The van der Waals surface area contributed by atoms with Crippen molar-refractivity contribution in [2.45, 2.75) is 18.6 Å². The van der Waals surface area contributed by atoms with Crippen LogP contribution in [-0.2, 0) is 9.59 Å². The van der Waals surface area contributed by atoms with Crippen LogP contribution in [0.15, 0.2) is 58.7 Å². The fourth-order valence-corrected chi connectivity index (χ4v) is 3.43. The van der Waals surface area contributed by atoms with Crippen molar-refractivity contribution < 1.29 is 14.5 Å². The summed E-state index contributed by atoms with van der Waals surface area (Å²) in [6.45, 7) is 1.95. The van der Waals surface area contributed by atoms with E-state index in [4.69, 9.17) is 0 Å². The van der Waals surface area contributed by atoms with Gasteiger partial charge in [-0.05, 0) is 25.1 Å². The summed E-state index contributed by atoms with van der Waals surface area (Å²) in [5.74, 6) is -0.625. The van der Waals surface area contributed by atoms with E-state index in [0.717, 1.165) is 17.3 Å². The second kappa shape index (κ2) is 9.11. The van der Waals surface area contributed by atoms with Crippen molar-refractivity contribution in [1.29, 1.82) is 0 Å². The largest absolute Gasteiger partial charge is 0.326 e. The zero-order chi connectivity index (χ0) is 20.8. The minimum absolute atomic E-state index is 0.0166. The number of nitro benzene ring substituents is 1. The van der Waals surface area contributed by atoms with Gasteiger partial charge in [-0.3, -0.25) is 19.7 Å². The van der Waals surface area contributed by atoms with Gasteiger partial charge in [0.25, 0.3) is 5.69 Å². The molecule has 1 aliphatic rings. The number of thioether (sulfide) groups is 1. The van der Waals surface area contributed by atoms with E-state index in [1.54, 1.807) is 30.3 Å². The molecule has 1 unspecified atom stereocenters. The molecule has 0 aromatic heterocycles. The molecule has 0 radical (unpaired) electrons. The molecule has 1 heterocycles. The van der Waals surface area contributed by atoms with E-state index in [9.17, 15) is 19.7 Å². The standard InChI is InChI=1S/C19H17N5O4S/c1-12-6-8-14(9-7-12)21-17(25)10-16-18(26)22-19(29-16)23-20-11-13-4-2-3-5-15(13)24(27)28/h2-9,11,16H,10H2,1H3,(H,21,25)(H,22,23,26)/b20-11+. The van der Waals surface area contributed by atoms with Gasteiger partial charge in [-0.25, -0.2) is 0 Å². The molecule has 0 bridgehead atoms. The van der Waals surface area contributed by atoms with Crippen molar-refractivity contribution in [3.63, 3.8) is 0 Å². The van der Waals surface area contributed by atoms with Crippen LogP contribution >= 0.6 is 11.8 Å². The third-order valence-corrected chi connectivity index (χ3v) is 5.03. The molecule has 1 fully saturated rings. The molecular formula is C19H17N5O4S. The smallest absolute Gasteiger partial charge is 0.278 e. The fourth-order valence-electron chi connectivity index (χ4n) is 2.51. The topological polar surface area (TPSA) is 126 Å². The van der Waals surface area contributed by atoms with Crippen LogP contribution in [0.5, 0.6) is 0 Å². The highest BCUT2D eigenvalue weighted by molar-refractivity contribution is 8.15. The molecular weight excluding hydrogens is 394 g/mol. The Morgan fingerprint density at radius 2 is 2.00 bits per heavy atom. The van der Waals surface area contributed by atoms with Gasteiger partial charge in [-0.2, -0.15) is 5.10 Å². The van der Waals surface area contributed by atoms with E-state index in [1.807, 2.05) is 19.1 Å². The molecule has 0 saturated carbocycles. The van der Waals surface area contributed by atoms with Crippen molar-refractivity contribution in [2.75, 3.05) is 5.32 Å². The molecule has 0 spiro atoms. The number of anilines is 1. The van der Waals surface area contributed by atoms with E-state index in [0.29, 0.717) is 11.3 Å². The second-order valence-electron chi connectivity index (χ2n) is 6.18. The first-order valence-corrected chi connectivity index (χ1v) is 9.49. The van der Waals surface area contributed by atoms with E-state index >= 15 is 0 Å². The monoisotopic (exact) mass is 411 g/mol. The molecule has 1 saturated heterocycles. The molecule has 2 aromatic carbocycles. The van der Waals surface area contributed by atoms with Crippen LogP contribution in [0.4, 0.5) is 11.4 Å². The summed E-state index contributed by atoms with van der Waals surface area (Å²) in [6.07, 6.45) is 1.23. The number of carbonyl (C=O) groups is 2. The van der Waals surface area contributed by atoms with E-state index in [2.05, 4.69) is 20.8 Å². The number of nitro groups is 1. The lowest BCUT2D eigenvalue weighted by atomic mass is 10.2. The Morgan fingerprint density at radius 1 is 1.28 bits per heavy atom. The summed E-state index contributed by atoms with van der Waals surface area (Å²) >= 11 is 1.09. The summed E-state index contributed by atoms with van der Waals surface area (Å²) in [6, 6.07) is 13.5. The van der Waals surface area contributed by atoms with Crippen LogP contribution in [0, 0.1) is 17.0 Å². The molecule has 2 amide bonds. The number of hydrogen-bond acceptors (Lipinski definition) is 7. The predicted octanol–water partition coefficient (Wildman–Crippen LogP) is 2.85. The van der Waals surface area contributed by atoms with Crippen molar-refractivity contribution in [3.05, 3.63) is 69.8 Å². The molecule has 3 rings (SSSR count). The number of amidine groups is 1. The van der Waals surface area contributed by atoms with Crippen molar-refractivity contribution in [1.82, 2.24) is 5.32 Å². The molecule has 1 atom stereocenters. The SMILES string of the molecule is Cc1ccc(NC(=O)CC2S/C(=N/N=C/c3ccccc3[N+](=O)[O-])NC2=O)cc1. The number of amides is 2. The number of nitrogens with one attached hydrogen (secondary N) is 2. The fraction of sp³-hybridized carbons (Fsp3) is 0.158. The van der Waals surface area contributed by atoms with Gasteiger partial charge in [-0.1, -0.05) is 41.6 Å². The molecule has 9 nitrogen and oxygen atoms in total. The number of aryl methyl sites for hydroxylation is 1. The minimum atomic E-state index is -0.625. The van der Waals surface area contributed by atoms with E-state index < -0.39 is 10.2 Å². The first kappa shape index (κ1) is 20.2. The average molecular weight is 411 g/mol. The number of rotatable bonds is 6. The minimum Gasteiger partial charge on any atom is -0.326 e. The average Bonchev–Trinajstić information content (AvgIpc) is 3.03. The predicted molar refractivity (Wildman–Crippen MR) is 112 cm³/mol. The van der Waals surface area contributed by atoms with Gasteiger partial charge in [0.2, 0.25) is 11.8 Å². The van der Waals surface area contributed by atoms with Crippen LogP contribution in [0.25, 0.3) is 0 Å². The zero-order valence-corrected chi connectivity index (χ0v) is 16.2. The molecule has 29 heavy (non-hydrogen) atoms. The van der Waals surface area contributed by atoms with Gasteiger partial charge in [0.05, 0.1) is 16.7 Å². The number of nitrogens with zero attached hydrogens (tertiary/aromatic N) is 3. The maximum absolute atomic E-state index is 12.2. The van der Waals surface area contributed by atoms with Gasteiger partial charge in [0.15, 0.2) is 5.17 Å². The lowest BCUT2D eigenvalue weighted by molar-refractivity contribution is -0.385. The number of carbonyl (C=O) groups excluding carboxylic acids is 2. The molecule has 10 heteroatoms. The Bertz CT molecular complexity index is 1000. The number of hydrogen-bond donors (Lipinski definition) is 2. The van der Waals surface area contributed by atoms with Crippen LogP contribution in [0.2, 0.25) is 0 Å². The maximum Gasteiger partial charge on any atom is 0.278 e. The van der Waals surface area contributed by atoms with Crippen molar-refractivity contribution in [2.24, 2.45) is 10.2 Å². The van der Waals surface area contributed by atoms with Crippen LogP contribution in [0.3, 0.4) is 0 Å². The Labute approximate surface area is 170 Å². The Kier molecular flexibility index (Phi) is 6.35. The van der Waals surface area contributed by atoms with E-state index in [-0.39, 0.29) is 29.1 Å².